The second-order valence-electron chi connectivity index (χ2n) is 6.53. The smallest absolute Gasteiger partial charge is 0.220 e. The Morgan fingerprint density at radius 2 is 2.18 bits per heavy atom. The van der Waals surface area contributed by atoms with E-state index < -0.39 is 0 Å². The van der Waals surface area contributed by atoms with Gasteiger partial charge in [0.1, 0.15) is 5.75 Å². The van der Waals surface area contributed by atoms with Crippen LogP contribution in [0.5, 0.6) is 5.75 Å². The summed E-state index contributed by atoms with van der Waals surface area (Å²) in [4.78, 5) is 12.0. The largest absolute Gasteiger partial charge is 0.496 e. The van der Waals surface area contributed by atoms with Crippen molar-refractivity contribution in [2.75, 3.05) is 20.3 Å². The summed E-state index contributed by atoms with van der Waals surface area (Å²) in [5.74, 6) is 0.958. The van der Waals surface area contributed by atoms with Crippen molar-refractivity contribution in [2.24, 2.45) is 0 Å². The monoisotopic (exact) mass is 305 g/mol. The van der Waals surface area contributed by atoms with Gasteiger partial charge in [0.2, 0.25) is 5.91 Å². The maximum absolute atomic E-state index is 12.0. The third-order valence-corrected chi connectivity index (χ3v) is 4.28. The van der Waals surface area contributed by atoms with Crippen molar-refractivity contribution in [3.8, 4) is 5.75 Å². The highest BCUT2D eigenvalue weighted by atomic mass is 16.5. The molecule has 1 heterocycles. The van der Waals surface area contributed by atoms with Crippen LogP contribution in [0.4, 0.5) is 0 Å². The van der Waals surface area contributed by atoms with Gasteiger partial charge in [0, 0.05) is 30.6 Å². The van der Waals surface area contributed by atoms with Gasteiger partial charge in [-0.25, -0.2) is 0 Å². The number of nitrogens with one attached hydrogen (secondary N) is 1. The molecule has 0 radical (unpaired) electrons. The number of amides is 1. The van der Waals surface area contributed by atoms with Gasteiger partial charge in [-0.05, 0) is 25.3 Å². The molecule has 1 aromatic rings. The highest BCUT2D eigenvalue weighted by molar-refractivity contribution is 5.76. The molecule has 4 heteroatoms. The van der Waals surface area contributed by atoms with Gasteiger partial charge in [-0.2, -0.15) is 0 Å². The lowest BCUT2D eigenvalue weighted by atomic mass is 9.84. The van der Waals surface area contributed by atoms with Crippen LogP contribution in [0.2, 0.25) is 0 Å². The zero-order valence-corrected chi connectivity index (χ0v) is 13.9. The van der Waals surface area contributed by atoms with E-state index in [0.717, 1.165) is 37.2 Å². The highest BCUT2D eigenvalue weighted by Crippen LogP contribution is 2.30. The fraction of sp³-hybridized carbons (Fsp3) is 0.611. The van der Waals surface area contributed by atoms with Crippen LogP contribution in [0.3, 0.4) is 0 Å². The third-order valence-electron chi connectivity index (χ3n) is 4.28. The summed E-state index contributed by atoms with van der Waals surface area (Å²) in [6, 6.07) is 7.96. The molecule has 122 valence electrons. The van der Waals surface area contributed by atoms with Gasteiger partial charge >= 0.3 is 0 Å². The first-order valence-corrected chi connectivity index (χ1v) is 8.05. The van der Waals surface area contributed by atoms with Crippen LogP contribution in [0.15, 0.2) is 24.3 Å². The number of ether oxygens (including phenoxy) is 2. The number of para-hydroxylation sites is 1. The molecule has 2 rings (SSSR count). The summed E-state index contributed by atoms with van der Waals surface area (Å²) < 4.78 is 11.0. The fourth-order valence-corrected chi connectivity index (χ4v) is 2.87. The number of carbonyl (C=O) groups is 1. The first-order chi connectivity index (χ1) is 10.5. The van der Waals surface area contributed by atoms with Crippen molar-refractivity contribution in [2.45, 2.75) is 51.0 Å². The molecular weight excluding hydrogens is 278 g/mol. The van der Waals surface area contributed by atoms with Crippen LogP contribution < -0.4 is 10.1 Å². The van der Waals surface area contributed by atoms with E-state index in [1.165, 1.54) is 0 Å². The number of methoxy groups -OCH3 is 1. The first kappa shape index (κ1) is 16.8. The van der Waals surface area contributed by atoms with Gasteiger partial charge < -0.3 is 14.8 Å². The lowest BCUT2D eigenvalue weighted by Gasteiger charge is -2.27. The van der Waals surface area contributed by atoms with Crippen molar-refractivity contribution in [3.63, 3.8) is 0 Å². The van der Waals surface area contributed by atoms with E-state index in [4.69, 9.17) is 9.47 Å². The van der Waals surface area contributed by atoms with E-state index in [9.17, 15) is 4.79 Å². The standard InChI is InChI=1S/C18H27NO3/c1-18(2,15-8-4-5-9-16(15)21-3)13-19-17(20)11-10-14-7-6-12-22-14/h4-5,8-9,14H,6-7,10-13H2,1-3H3,(H,19,20)/t14-/m0/s1. The summed E-state index contributed by atoms with van der Waals surface area (Å²) in [6.45, 7) is 5.67. The Labute approximate surface area is 133 Å². The van der Waals surface area contributed by atoms with Gasteiger partial charge in [0.25, 0.3) is 0 Å². The first-order valence-electron chi connectivity index (χ1n) is 8.05. The van der Waals surface area contributed by atoms with E-state index in [-0.39, 0.29) is 17.4 Å². The van der Waals surface area contributed by atoms with E-state index in [2.05, 4.69) is 25.2 Å². The quantitative estimate of drug-likeness (QED) is 0.842. The average Bonchev–Trinajstić information content (AvgIpc) is 3.04. The van der Waals surface area contributed by atoms with Crippen LogP contribution in [0.25, 0.3) is 0 Å². The average molecular weight is 305 g/mol. The maximum atomic E-state index is 12.0. The Hall–Kier alpha value is -1.55. The van der Waals surface area contributed by atoms with Crippen molar-refractivity contribution in [1.82, 2.24) is 5.32 Å². The lowest BCUT2D eigenvalue weighted by molar-refractivity contribution is -0.121. The zero-order valence-electron chi connectivity index (χ0n) is 13.9. The van der Waals surface area contributed by atoms with E-state index in [0.29, 0.717) is 13.0 Å². The van der Waals surface area contributed by atoms with Crippen molar-refractivity contribution < 1.29 is 14.3 Å². The zero-order chi connectivity index (χ0) is 16.0. The van der Waals surface area contributed by atoms with E-state index >= 15 is 0 Å². The Bertz CT molecular complexity index is 493. The van der Waals surface area contributed by atoms with Crippen LogP contribution in [-0.4, -0.2) is 32.3 Å². The summed E-state index contributed by atoms with van der Waals surface area (Å²) in [7, 11) is 1.68. The molecule has 1 fully saturated rings. The molecule has 1 aliphatic heterocycles. The molecule has 1 aliphatic rings. The minimum absolute atomic E-state index is 0.0958. The Kier molecular flexibility index (Phi) is 5.83. The van der Waals surface area contributed by atoms with Crippen molar-refractivity contribution in [1.29, 1.82) is 0 Å². The molecule has 1 aromatic carbocycles. The number of rotatable bonds is 7. The van der Waals surface area contributed by atoms with Crippen LogP contribution in [-0.2, 0) is 14.9 Å². The maximum Gasteiger partial charge on any atom is 0.220 e. The second kappa shape index (κ2) is 7.63. The summed E-state index contributed by atoms with van der Waals surface area (Å²) >= 11 is 0. The topological polar surface area (TPSA) is 47.6 Å². The predicted molar refractivity (Wildman–Crippen MR) is 87.2 cm³/mol. The minimum Gasteiger partial charge on any atom is -0.496 e. The van der Waals surface area contributed by atoms with Gasteiger partial charge in [-0.3, -0.25) is 4.79 Å². The molecule has 0 unspecified atom stereocenters. The third kappa shape index (κ3) is 4.47. The Morgan fingerprint density at radius 1 is 1.41 bits per heavy atom. The number of benzene rings is 1. The molecule has 0 saturated carbocycles. The van der Waals surface area contributed by atoms with E-state index in [1.807, 2.05) is 18.2 Å². The molecule has 22 heavy (non-hydrogen) atoms. The number of hydrogen-bond donors (Lipinski definition) is 1. The fourth-order valence-electron chi connectivity index (χ4n) is 2.87. The molecule has 0 aliphatic carbocycles. The van der Waals surface area contributed by atoms with Gasteiger partial charge in [0.05, 0.1) is 13.2 Å². The van der Waals surface area contributed by atoms with Gasteiger partial charge in [-0.15, -0.1) is 0 Å². The number of carbonyl (C=O) groups excluding carboxylic acids is 1. The summed E-state index contributed by atoms with van der Waals surface area (Å²) in [5, 5.41) is 3.05. The van der Waals surface area contributed by atoms with Crippen LogP contribution >= 0.6 is 0 Å². The Morgan fingerprint density at radius 3 is 2.86 bits per heavy atom. The van der Waals surface area contributed by atoms with Crippen LogP contribution in [0.1, 0.15) is 45.1 Å². The molecule has 0 aromatic heterocycles. The predicted octanol–water partition coefficient (Wildman–Crippen LogP) is 3.05. The van der Waals surface area contributed by atoms with E-state index in [1.54, 1.807) is 7.11 Å². The summed E-state index contributed by atoms with van der Waals surface area (Å²) in [6.07, 6.45) is 3.83. The second-order valence-corrected chi connectivity index (χ2v) is 6.53. The van der Waals surface area contributed by atoms with Crippen molar-refractivity contribution in [3.05, 3.63) is 29.8 Å². The lowest BCUT2D eigenvalue weighted by Crippen LogP contribution is -2.37. The Balaban J connectivity index is 1.84. The molecule has 0 spiro atoms. The molecule has 1 N–H and O–H groups in total. The van der Waals surface area contributed by atoms with Gasteiger partial charge in [-0.1, -0.05) is 32.0 Å². The molecular formula is C18H27NO3. The number of hydrogen-bond acceptors (Lipinski definition) is 3. The molecule has 1 saturated heterocycles. The summed E-state index contributed by atoms with van der Waals surface area (Å²) in [5.41, 5.74) is 0.934. The molecule has 4 nitrogen and oxygen atoms in total. The van der Waals surface area contributed by atoms with Gasteiger partial charge in [0.15, 0.2) is 0 Å². The SMILES string of the molecule is COc1ccccc1C(C)(C)CNC(=O)CC[C@@H]1CCCO1. The highest BCUT2D eigenvalue weighted by Gasteiger charge is 2.25. The van der Waals surface area contributed by atoms with Crippen molar-refractivity contribution >= 4 is 5.91 Å². The van der Waals surface area contributed by atoms with Crippen LogP contribution in [0, 0.1) is 0 Å². The molecule has 0 bridgehead atoms. The molecule has 1 amide bonds. The molecule has 1 atom stereocenters. The minimum atomic E-state index is -0.174. The normalized spacial score (nSPS) is 18.2.